The van der Waals surface area contributed by atoms with Crippen LogP contribution in [0.5, 0.6) is 0 Å². The Morgan fingerprint density at radius 2 is 1.54 bits per heavy atom. The summed E-state index contributed by atoms with van der Waals surface area (Å²) in [4.78, 5) is 16.9. The van der Waals surface area contributed by atoms with Crippen molar-refractivity contribution in [2.75, 3.05) is 53.2 Å². The van der Waals surface area contributed by atoms with Crippen LogP contribution in [0, 0.1) is 0 Å². The van der Waals surface area contributed by atoms with Gasteiger partial charge in [-0.15, -0.1) is 0 Å². The molecule has 0 spiro atoms. The second-order valence-electron chi connectivity index (χ2n) is 7.19. The summed E-state index contributed by atoms with van der Waals surface area (Å²) >= 11 is 0. The van der Waals surface area contributed by atoms with Crippen LogP contribution in [0.4, 0.5) is 22.7 Å². The van der Waals surface area contributed by atoms with Gasteiger partial charge >= 0.3 is 0 Å². The molecule has 0 saturated carbocycles. The summed E-state index contributed by atoms with van der Waals surface area (Å²) in [5, 5.41) is 6.30. The molecule has 0 aliphatic carbocycles. The normalized spacial score (nSPS) is 13.4. The molecule has 1 aliphatic rings. The fraction of sp³-hybridized carbons (Fsp3) is 0.435. The van der Waals surface area contributed by atoms with Crippen molar-refractivity contribution in [2.24, 2.45) is 0 Å². The number of nitrogens with one attached hydrogen (secondary N) is 2. The zero-order valence-electron chi connectivity index (χ0n) is 17.1. The Hall–Kier alpha value is -2.69. The maximum Gasteiger partial charge on any atom is 0.226 e. The van der Waals surface area contributed by atoms with E-state index in [1.54, 1.807) is 0 Å². The van der Waals surface area contributed by atoms with Crippen LogP contribution in [0.25, 0.3) is 0 Å². The van der Waals surface area contributed by atoms with Gasteiger partial charge in [0, 0.05) is 61.9 Å². The van der Waals surface area contributed by atoms with E-state index in [2.05, 4.69) is 70.7 Å². The van der Waals surface area contributed by atoms with Crippen LogP contribution in [-0.4, -0.2) is 38.6 Å². The molecule has 28 heavy (non-hydrogen) atoms. The molecule has 2 aromatic rings. The summed E-state index contributed by atoms with van der Waals surface area (Å²) in [5.41, 5.74) is 4.37. The number of hydrogen-bond donors (Lipinski definition) is 2. The standard InChI is InChI=1S/C23H32N4O/c1-3-26(4-2)21-13-9-20(10-14-21)25-23(28)15-16-24-19-7-11-22(12-8-19)27-17-5-6-18-27/h7-14,24H,3-6,15-18H2,1-2H3,(H,25,28). The highest BCUT2D eigenvalue weighted by Crippen LogP contribution is 2.22. The smallest absolute Gasteiger partial charge is 0.226 e. The number of carbonyl (C=O) groups excluding carboxylic acids is 1. The van der Waals surface area contributed by atoms with Gasteiger partial charge in [-0.3, -0.25) is 4.79 Å². The SMILES string of the molecule is CCN(CC)c1ccc(NC(=O)CCNc2ccc(N3CCCC3)cc2)cc1. The molecule has 3 rings (SSSR count). The van der Waals surface area contributed by atoms with Gasteiger partial charge in [0.1, 0.15) is 0 Å². The molecule has 0 radical (unpaired) electrons. The van der Waals surface area contributed by atoms with Crippen LogP contribution < -0.4 is 20.4 Å². The van der Waals surface area contributed by atoms with Gasteiger partial charge in [-0.05, 0) is 75.2 Å². The monoisotopic (exact) mass is 380 g/mol. The van der Waals surface area contributed by atoms with E-state index < -0.39 is 0 Å². The van der Waals surface area contributed by atoms with Crippen LogP contribution in [0.1, 0.15) is 33.1 Å². The lowest BCUT2D eigenvalue weighted by atomic mass is 10.2. The molecule has 5 nitrogen and oxygen atoms in total. The zero-order valence-corrected chi connectivity index (χ0v) is 17.1. The van der Waals surface area contributed by atoms with Gasteiger partial charge < -0.3 is 20.4 Å². The quantitative estimate of drug-likeness (QED) is 0.669. The third kappa shape index (κ3) is 5.41. The molecule has 0 bridgehead atoms. The Morgan fingerprint density at radius 1 is 0.929 bits per heavy atom. The minimum Gasteiger partial charge on any atom is -0.385 e. The van der Waals surface area contributed by atoms with Crippen molar-refractivity contribution in [1.29, 1.82) is 0 Å². The third-order valence-corrected chi connectivity index (χ3v) is 5.30. The second kappa shape index (κ2) is 10.0. The van der Waals surface area contributed by atoms with E-state index in [9.17, 15) is 4.79 Å². The van der Waals surface area contributed by atoms with Crippen molar-refractivity contribution in [2.45, 2.75) is 33.1 Å². The molecule has 0 atom stereocenters. The number of amides is 1. The maximum absolute atomic E-state index is 12.2. The molecule has 0 unspecified atom stereocenters. The molecular formula is C23H32N4O. The Morgan fingerprint density at radius 3 is 2.14 bits per heavy atom. The van der Waals surface area contributed by atoms with E-state index in [1.807, 2.05) is 12.1 Å². The molecular weight excluding hydrogens is 348 g/mol. The lowest BCUT2D eigenvalue weighted by Crippen LogP contribution is -2.21. The largest absolute Gasteiger partial charge is 0.385 e. The first-order valence-electron chi connectivity index (χ1n) is 10.4. The summed E-state index contributed by atoms with van der Waals surface area (Å²) in [6, 6.07) is 16.6. The minimum atomic E-state index is 0.0248. The third-order valence-electron chi connectivity index (χ3n) is 5.30. The molecule has 5 heteroatoms. The van der Waals surface area contributed by atoms with Gasteiger partial charge in [0.25, 0.3) is 0 Å². The van der Waals surface area contributed by atoms with Gasteiger partial charge in [0.2, 0.25) is 5.91 Å². The average molecular weight is 381 g/mol. The van der Waals surface area contributed by atoms with Crippen molar-refractivity contribution in [1.82, 2.24) is 0 Å². The number of benzene rings is 2. The van der Waals surface area contributed by atoms with Crippen LogP contribution in [0.15, 0.2) is 48.5 Å². The molecule has 1 saturated heterocycles. The Bertz CT molecular complexity index is 732. The first-order chi connectivity index (χ1) is 13.7. The van der Waals surface area contributed by atoms with E-state index in [1.165, 1.54) is 24.2 Å². The van der Waals surface area contributed by atoms with Crippen molar-refractivity contribution < 1.29 is 4.79 Å². The van der Waals surface area contributed by atoms with E-state index >= 15 is 0 Å². The van der Waals surface area contributed by atoms with Crippen LogP contribution in [0.3, 0.4) is 0 Å². The summed E-state index contributed by atoms with van der Waals surface area (Å²) in [7, 11) is 0. The highest BCUT2D eigenvalue weighted by Gasteiger charge is 2.11. The maximum atomic E-state index is 12.2. The molecule has 2 aromatic carbocycles. The number of rotatable bonds is 9. The highest BCUT2D eigenvalue weighted by molar-refractivity contribution is 5.91. The molecule has 1 aliphatic heterocycles. The molecule has 150 valence electrons. The van der Waals surface area contributed by atoms with Gasteiger partial charge in [-0.25, -0.2) is 0 Å². The lowest BCUT2D eigenvalue weighted by molar-refractivity contribution is -0.115. The topological polar surface area (TPSA) is 47.6 Å². The summed E-state index contributed by atoms with van der Waals surface area (Å²) in [6.07, 6.45) is 3.01. The molecule has 1 amide bonds. The number of carbonyl (C=O) groups is 1. The molecule has 1 fully saturated rings. The summed E-state index contributed by atoms with van der Waals surface area (Å²) < 4.78 is 0. The number of anilines is 4. The van der Waals surface area contributed by atoms with Gasteiger partial charge in [-0.1, -0.05) is 0 Å². The second-order valence-corrected chi connectivity index (χ2v) is 7.19. The lowest BCUT2D eigenvalue weighted by Gasteiger charge is -2.21. The van der Waals surface area contributed by atoms with Crippen LogP contribution in [-0.2, 0) is 4.79 Å². The van der Waals surface area contributed by atoms with Gasteiger partial charge in [-0.2, -0.15) is 0 Å². The van der Waals surface area contributed by atoms with Crippen molar-refractivity contribution in [3.05, 3.63) is 48.5 Å². The summed E-state index contributed by atoms with van der Waals surface area (Å²) in [6.45, 7) is 9.18. The Balaban J connectivity index is 1.41. The zero-order chi connectivity index (χ0) is 19.8. The first kappa shape index (κ1) is 20.1. The number of nitrogens with zero attached hydrogens (tertiary/aromatic N) is 2. The van der Waals surface area contributed by atoms with E-state index in [4.69, 9.17) is 0 Å². The fourth-order valence-electron chi connectivity index (χ4n) is 3.65. The Labute approximate surface area is 168 Å². The van der Waals surface area contributed by atoms with Crippen LogP contribution in [0.2, 0.25) is 0 Å². The van der Waals surface area contributed by atoms with Crippen molar-refractivity contribution in [3.8, 4) is 0 Å². The van der Waals surface area contributed by atoms with Crippen molar-refractivity contribution >= 4 is 28.7 Å². The fourth-order valence-corrected chi connectivity index (χ4v) is 3.65. The Kier molecular flexibility index (Phi) is 7.18. The van der Waals surface area contributed by atoms with E-state index in [-0.39, 0.29) is 5.91 Å². The molecule has 2 N–H and O–H groups in total. The molecule has 1 heterocycles. The predicted octanol–water partition coefficient (Wildman–Crippen LogP) is 4.57. The van der Waals surface area contributed by atoms with Gasteiger partial charge in [0.15, 0.2) is 0 Å². The highest BCUT2D eigenvalue weighted by atomic mass is 16.1. The van der Waals surface area contributed by atoms with E-state index in [0.29, 0.717) is 13.0 Å². The summed E-state index contributed by atoms with van der Waals surface area (Å²) in [5.74, 6) is 0.0248. The predicted molar refractivity (Wildman–Crippen MR) is 120 cm³/mol. The van der Waals surface area contributed by atoms with Gasteiger partial charge in [0.05, 0.1) is 0 Å². The average Bonchev–Trinajstić information content (AvgIpc) is 3.25. The van der Waals surface area contributed by atoms with Crippen molar-refractivity contribution in [3.63, 3.8) is 0 Å². The first-order valence-corrected chi connectivity index (χ1v) is 10.4. The number of hydrogen-bond acceptors (Lipinski definition) is 4. The molecule has 0 aromatic heterocycles. The minimum absolute atomic E-state index is 0.0248. The van der Waals surface area contributed by atoms with Crippen LogP contribution >= 0.6 is 0 Å². The van der Waals surface area contributed by atoms with E-state index in [0.717, 1.165) is 37.6 Å².